The van der Waals surface area contributed by atoms with Gasteiger partial charge in [-0.15, -0.1) is 11.3 Å². The lowest BCUT2D eigenvalue weighted by atomic mass is 10.1. The van der Waals surface area contributed by atoms with Gasteiger partial charge in [0.1, 0.15) is 4.88 Å². The number of thiophene rings is 1. The highest BCUT2D eigenvalue weighted by Crippen LogP contribution is 2.39. The summed E-state index contributed by atoms with van der Waals surface area (Å²) in [6.07, 6.45) is 3.36. The Morgan fingerprint density at radius 2 is 1.93 bits per heavy atom. The highest BCUT2D eigenvalue weighted by Gasteiger charge is 2.26. The number of hydrogen-bond donors (Lipinski definition) is 2. The predicted octanol–water partition coefficient (Wildman–Crippen LogP) is 2.09. The molecule has 0 saturated carbocycles. The van der Waals surface area contributed by atoms with Gasteiger partial charge in [0.25, 0.3) is 11.8 Å². The molecule has 0 unspecified atom stereocenters. The van der Waals surface area contributed by atoms with Crippen LogP contribution in [-0.4, -0.2) is 55.0 Å². The summed E-state index contributed by atoms with van der Waals surface area (Å²) in [7, 11) is 1.38. The molecule has 3 aromatic rings. The van der Waals surface area contributed by atoms with E-state index in [-0.39, 0.29) is 17.2 Å². The number of carbonyl (C=O) groups excluding carboxylic acids is 2. The molecule has 1 aliphatic rings. The van der Waals surface area contributed by atoms with Crippen molar-refractivity contribution in [2.24, 2.45) is 5.73 Å². The van der Waals surface area contributed by atoms with Gasteiger partial charge >= 0.3 is 0 Å². The number of rotatable bonds is 4. The van der Waals surface area contributed by atoms with Gasteiger partial charge in [0.05, 0.1) is 29.4 Å². The van der Waals surface area contributed by atoms with Crippen LogP contribution in [0.25, 0.3) is 10.1 Å². The van der Waals surface area contributed by atoms with Gasteiger partial charge in [-0.25, -0.2) is 4.39 Å². The van der Waals surface area contributed by atoms with E-state index in [1.54, 1.807) is 23.4 Å². The van der Waals surface area contributed by atoms with E-state index in [1.807, 2.05) is 0 Å². The second-order valence-electron chi connectivity index (χ2n) is 6.87. The summed E-state index contributed by atoms with van der Waals surface area (Å²) in [5.41, 5.74) is 13.0. The average Bonchev–Trinajstić information content (AvgIpc) is 3.10. The molecule has 0 radical (unpaired) electrons. The standard InChI is InChI=1S/C20H20FN5O3S/c1-29-14-3-2-11(8-12(14)21)20(28)26-6-4-25(5-7-26)13-9-24-10-15-16(13)17(22)18(30-15)19(23)27/h2-3,8-10H,4-7,22H2,1H3,(H2,23,27). The zero-order valence-electron chi connectivity index (χ0n) is 16.2. The first kappa shape index (κ1) is 19.9. The lowest BCUT2D eigenvalue weighted by Gasteiger charge is -2.36. The van der Waals surface area contributed by atoms with Crippen molar-refractivity contribution in [3.8, 4) is 5.75 Å². The maximum atomic E-state index is 14.0. The first-order valence-electron chi connectivity index (χ1n) is 9.24. The molecular weight excluding hydrogens is 409 g/mol. The monoisotopic (exact) mass is 429 g/mol. The molecule has 30 heavy (non-hydrogen) atoms. The van der Waals surface area contributed by atoms with Crippen LogP contribution in [0.15, 0.2) is 30.6 Å². The van der Waals surface area contributed by atoms with Crippen molar-refractivity contribution in [3.63, 3.8) is 0 Å². The number of nitrogens with zero attached hydrogens (tertiary/aromatic N) is 3. The number of ether oxygens (including phenoxy) is 1. The van der Waals surface area contributed by atoms with Gasteiger partial charge < -0.3 is 26.0 Å². The van der Waals surface area contributed by atoms with E-state index in [9.17, 15) is 14.0 Å². The zero-order valence-corrected chi connectivity index (χ0v) is 17.0. The highest BCUT2D eigenvalue weighted by atomic mass is 32.1. The number of pyridine rings is 1. The third kappa shape index (κ3) is 3.39. The Balaban J connectivity index is 1.53. The van der Waals surface area contributed by atoms with E-state index in [0.29, 0.717) is 36.7 Å². The van der Waals surface area contributed by atoms with Crippen molar-refractivity contribution < 1.29 is 18.7 Å². The van der Waals surface area contributed by atoms with Crippen LogP contribution < -0.4 is 21.1 Å². The number of anilines is 2. The van der Waals surface area contributed by atoms with E-state index in [0.717, 1.165) is 15.8 Å². The van der Waals surface area contributed by atoms with E-state index in [1.165, 1.54) is 30.6 Å². The van der Waals surface area contributed by atoms with Crippen LogP contribution in [0.1, 0.15) is 20.0 Å². The summed E-state index contributed by atoms with van der Waals surface area (Å²) in [5, 5.41) is 0.751. The SMILES string of the molecule is COc1ccc(C(=O)N2CCN(c3cncc4sc(C(N)=O)c(N)c34)CC2)cc1F. The summed E-state index contributed by atoms with van der Waals surface area (Å²) in [6.45, 7) is 2.00. The van der Waals surface area contributed by atoms with E-state index < -0.39 is 11.7 Å². The first-order valence-corrected chi connectivity index (χ1v) is 10.1. The van der Waals surface area contributed by atoms with Crippen LogP contribution in [0.4, 0.5) is 15.8 Å². The van der Waals surface area contributed by atoms with E-state index >= 15 is 0 Å². The number of hydrogen-bond acceptors (Lipinski definition) is 7. The van der Waals surface area contributed by atoms with Gasteiger partial charge in [-0.1, -0.05) is 0 Å². The number of fused-ring (bicyclic) bond motifs is 1. The summed E-state index contributed by atoms with van der Waals surface area (Å²) < 4.78 is 19.6. The summed E-state index contributed by atoms with van der Waals surface area (Å²) in [5.74, 6) is -1.28. The molecule has 2 aromatic heterocycles. The lowest BCUT2D eigenvalue weighted by Crippen LogP contribution is -2.48. The third-order valence-corrected chi connectivity index (χ3v) is 6.30. The van der Waals surface area contributed by atoms with Gasteiger partial charge in [-0.2, -0.15) is 0 Å². The molecule has 0 spiro atoms. The van der Waals surface area contributed by atoms with E-state index in [2.05, 4.69) is 9.88 Å². The number of benzene rings is 1. The molecule has 156 valence electrons. The van der Waals surface area contributed by atoms with Crippen molar-refractivity contribution in [3.05, 3.63) is 46.9 Å². The number of methoxy groups -OCH3 is 1. The molecule has 0 atom stereocenters. The fourth-order valence-corrected chi connectivity index (χ4v) is 4.58. The fourth-order valence-electron chi connectivity index (χ4n) is 3.61. The average molecular weight is 429 g/mol. The molecule has 0 aliphatic carbocycles. The molecule has 2 amide bonds. The first-order chi connectivity index (χ1) is 14.4. The number of amides is 2. The molecule has 3 heterocycles. The molecule has 1 aliphatic heterocycles. The smallest absolute Gasteiger partial charge is 0.260 e. The highest BCUT2D eigenvalue weighted by molar-refractivity contribution is 7.21. The van der Waals surface area contributed by atoms with E-state index in [4.69, 9.17) is 16.2 Å². The molecule has 1 aromatic carbocycles. The normalized spacial score (nSPS) is 14.2. The predicted molar refractivity (Wildman–Crippen MR) is 114 cm³/mol. The van der Waals surface area contributed by atoms with Gasteiger partial charge in [0.2, 0.25) is 0 Å². The van der Waals surface area contributed by atoms with Crippen LogP contribution in [-0.2, 0) is 0 Å². The maximum absolute atomic E-state index is 14.0. The second kappa shape index (κ2) is 7.79. The molecule has 10 heteroatoms. The molecule has 8 nitrogen and oxygen atoms in total. The number of nitrogens with two attached hydrogens (primary N) is 2. The zero-order chi connectivity index (χ0) is 21.4. The molecule has 1 fully saturated rings. The van der Waals surface area contributed by atoms with Crippen LogP contribution in [0.5, 0.6) is 5.75 Å². The second-order valence-corrected chi connectivity index (χ2v) is 7.92. The quantitative estimate of drug-likeness (QED) is 0.656. The Kier molecular flexibility index (Phi) is 5.17. The van der Waals surface area contributed by atoms with Crippen molar-refractivity contribution in [1.29, 1.82) is 0 Å². The summed E-state index contributed by atoms with van der Waals surface area (Å²) in [4.78, 5) is 32.7. The minimum atomic E-state index is -0.571. The third-order valence-electron chi connectivity index (χ3n) is 5.15. The fraction of sp³-hybridized carbons (Fsp3) is 0.250. The van der Waals surface area contributed by atoms with Gasteiger partial charge in [0.15, 0.2) is 11.6 Å². The maximum Gasteiger partial charge on any atom is 0.260 e. The van der Waals surface area contributed by atoms with Crippen molar-refractivity contribution >= 4 is 44.6 Å². The number of primary amides is 1. The van der Waals surface area contributed by atoms with Crippen LogP contribution in [0.3, 0.4) is 0 Å². The lowest BCUT2D eigenvalue weighted by molar-refractivity contribution is 0.0746. The van der Waals surface area contributed by atoms with Crippen LogP contribution in [0.2, 0.25) is 0 Å². The van der Waals surface area contributed by atoms with Crippen molar-refractivity contribution in [1.82, 2.24) is 9.88 Å². The number of halogens is 1. The topological polar surface area (TPSA) is 115 Å². The Labute approximate surface area is 175 Å². The Morgan fingerprint density at radius 1 is 1.20 bits per heavy atom. The largest absolute Gasteiger partial charge is 0.494 e. The number of carbonyl (C=O) groups is 2. The van der Waals surface area contributed by atoms with Crippen molar-refractivity contribution in [2.45, 2.75) is 0 Å². The molecule has 4 N–H and O–H groups in total. The molecular formula is C20H20FN5O3S. The Bertz CT molecular complexity index is 1140. The van der Waals surface area contributed by atoms with Gasteiger partial charge in [-0.3, -0.25) is 14.6 Å². The molecule has 1 saturated heterocycles. The summed E-state index contributed by atoms with van der Waals surface area (Å²) >= 11 is 1.22. The minimum absolute atomic E-state index is 0.0978. The number of nitrogen functional groups attached to an aromatic ring is 1. The van der Waals surface area contributed by atoms with Crippen LogP contribution >= 0.6 is 11.3 Å². The Morgan fingerprint density at radius 3 is 2.57 bits per heavy atom. The molecule has 4 rings (SSSR count). The van der Waals surface area contributed by atoms with Crippen LogP contribution in [0, 0.1) is 5.82 Å². The molecule has 0 bridgehead atoms. The number of piperazine rings is 1. The van der Waals surface area contributed by atoms with Gasteiger partial charge in [0, 0.05) is 43.3 Å². The minimum Gasteiger partial charge on any atom is -0.494 e. The van der Waals surface area contributed by atoms with Gasteiger partial charge in [-0.05, 0) is 18.2 Å². The number of aromatic nitrogens is 1. The Hall–Kier alpha value is -3.40. The summed E-state index contributed by atoms with van der Waals surface area (Å²) in [6, 6.07) is 4.19. The van der Waals surface area contributed by atoms with Crippen molar-refractivity contribution in [2.75, 3.05) is 43.9 Å².